The topological polar surface area (TPSA) is 50.7 Å². The molecule has 5 heteroatoms. The number of aromatic nitrogens is 3. The van der Waals surface area contributed by atoms with Crippen molar-refractivity contribution in [3.63, 3.8) is 0 Å². The lowest BCUT2D eigenvalue weighted by Gasteiger charge is -2.07. The van der Waals surface area contributed by atoms with E-state index in [-0.39, 0.29) is 0 Å². The quantitative estimate of drug-likeness (QED) is 0.896. The van der Waals surface area contributed by atoms with Crippen molar-refractivity contribution in [2.45, 2.75) is 32.1 Å². The molecule has 1 saturated carbocycles. The molecule has 1 aliphatic carbocycles. The lowest BCUT2D eigenvalue weighted by Crippen LogP contribution is -2.05. The van der Waals surface area contributed by atoms with Gasteiger partial charge in [0.05, 0.1) is 5.51 Å². The minimum absolute atomic E-state index is 0.632. The van der Waals surface area contributed by atoms with Gasteiger partial charge in [0.25, 0.3) is 0 Å². The monoisotopic (exact) mass is 260 g/mol. The summed E-state index contributed by atoms with van der Waals surface area (Å²) in [6.45, 7) is 3.09. The Bertz CT molecular complexity index is 520. The van der Waals surface area contributed by atoms with Gasteiger partial charge in [-0.2, -0.15) is 0 Å². The second-order valence-corrected chi connectivity index (χ2v) is 5.30. The third-order valence-corrected chi connectivity index (χ3v) is 3.55. The van der Waals surface area contributed by atoms with Crippen LogP contribution in [0.4, 0.5) is 5.82 Å². The normalized spacial score (nSPS) is 14.7. The molecule has 0 bridgehead atoms. The van der Waals surface area contributed by atoms with E-state index in [2.05, 4.69) is 33.3 Å². The van der Waals surface area contributed by atoms with Gasteiger partial charge >= 0.3 is 0 Å². The number of rotatable bonds is 5. The van der Waals surface area contributed by atoms with E-state index in [9.17, 15) is 0 Å². The van der Waals surface area contributed by atoms with E-state index in [4.69, 9.17) is 0 Å². The Hall–Kier alpha value is -1.49. The van der Waals surface area contributed by atoms with Gasteiger partial charge in [0, 0.05) is 29.6 Å². The highest BCUT2D eigenvalue weighted by atomic mass is 32.1. The molecule has 1 fully saturated rings. The van der Waals surface area contributed by atoms with E-state index >= 15 is 0 Å². The Labute approximate surface area is 111 Å². The Kier molecular flexibility index (Phi) is 3.23. The minimum atomic E-state index is 0.632. The molecule has 0 aromatic carbocycles. The molecule has 4 nitrogen and oxygen atoms in total. The van der Waals surface area contributed by atoms with Crippen LogP contribution < -0.4 is 5.32 Å². The molecule has 18 heavy (non-hydrogen) atoms. The van der Waals surface area contributed by atoms with Crippen LogP contribution in [0.15, 0.2) is 17.0 Å². The zero-order chi connectivity index (χ0) is 12.4. The van der Waals surface area contributed by atoms with Crippen LogP contribution in [-0.4, -0.2) is 21.5 Å². The number of anilines is 1. The summed E-state index contributed by atoms with van der Waals surface area (Å²) in [5.74, 6) is 2.31. The molecule has 1 aliphatic rings. The number of nitrogens with zero attached hydrogens (tertiary/aromatic N) is 3. The molecule has 2 aromatic rings. The van der Waals surface area contributed by atoms with Crippen molar-refractivity contribution >= 4 is 17.2 Å². The minimum Gasteiger partial charge on any atom is -0.370 e. The largest absolute Gasteiger partial charge is 0.370 e. The molecule has 0 spiro atoms. The first-order valence-electron chi connectivity index (χ1n) is 6.38. The lowest BCUT2D eigenvalue weighted by atomic mass is 10.2. The summed E-state index contributed by atoms with van der Waals surface area (Å²) >= 11 is 1.58. The van der Waals surface area contributed by atoms with Crippen LogP contribution in [-0.2, 0) is 0 Å². The van der Waals surface area contributed by atoms with Crippen LogP contribution in [0.2, 0.25) is 0 Å². The van der Waals surface area contributed by atoms with E-state index < -0.39 is 0 Å². The molecule has 0 radical (unpaired) electrons. The number of thiazole rings is 1. The molecular weight excluding hydrogens is 244 g/mol. The first kappa shape index (κ1) is 11.6. The molecule has 0 unspecified atom stereocenters. The second-order valence-electron chi connectivity index (χ2n) is 4.58. The summed E-state index contributed by atoms with van der Waals surface area (Å²) < 4.78 is 0. The molecule has 0 saturated heterocycles. The lowest BCUT2D eigenvalue weighted by molar-refractivity contribution is 0.946. The predicted octanol–water partition coefficient (Wildman–Crippen LogP) is 3.30. The molecule has 94 valence electrons. The van der Waals surface area contributed by atoms with Crippen molar-refractivity contribution in [2.24, 2.45) is 0 Å². The highest BCUT2D eigenvalue weighted by Gasteiger charge is 2.26. The Morgan fingerprint density at radius 2 is 2.28 bits per heavy atom. The van der Waals surface area contributed by atoms with E-state index in [0.29, 0.717) is 5.92 Å². The van der Waals surface area contributed by atoms with Crippen molar-refractivity contribution in [1.29, 1.82) is 0 Å². The van der Waals surface area contributed by atoms with Crippen LogP contribution in [0.1, 0.15) is 37.8 Å². The number of hydrogen-bond donors (Lipinski definition) is 1. The Morgan fingerprint density at radius 1 is 1.39 bits per heavy atom. The summed E-state index contributed by atoms with van der Waals surface area (Å²) in [7, 11) is 0. The van der Waals surface area contributed by atoms with Crippen molar-refractivity contribution < 1.29 is 0 Å². The van der Waals surface area contributed by atoms with E-state index in [1.54, 1.807) is 11.3 Å². The fraction of sp³-hybridized carbons (Fsp3) is 0.462. The van der Waals surface area contributed by atoms with Gasteiger partial charge in [0.15, 0.2) is 5.82 Å². The van der Waals surface area contributed by atoms with Crippen molar-refractivity contribution in [3.8, 4) is 11.5 Å². The Balaban J connectivity index is 1.94. The fourth-order valence-corrected chi connectivity index (χ4v) is 2.37. The van der Waals surface area contributed by atoms with Crippen LogP contribution >= 0.6 is 11.3 Å². The molecule has 0 atom stereocenters. The first-order chi connectivity index (χ1) is 8.86. The van der Waals surface area contributed by atoms with Crippen LogP contribution in [0, 0.1) is 0 Å². The first-order valence-corrected chi connectivity index (χ1v) is 7.32. The number of hydrogen-bond acceptors (Lipinski definition) is 5. The van der Waals surface area contributed by atoms with Crippen molar-refractivity contribution in [1.82, 2.24) is 15.0 Å². The molecular formula is C13H16N4S. The maximum absolute atomic E-state index is 4.64. The van der Waals surface area contributed by atoms with Gasteiger partial charge < -0.3 is 5.32 Å². The van der Waals surface area contributed by atoms with Crippen molar-refractivity contribution in [3.05, 3.63) is 22.7 Å². The molecule has 0 amide bonds. The highest BCUT2D eigenvalue weighted by Crippen LogP contribution is 2.40. The molecule has 2 heterocycles. The summed E-state index contributed by atoms with van der Waals surface area (Å²) in [6, 6.07) is 2.09. The third kappa shape index (κ3) is 2.51. The van der Waals surface area contributed by atoms with Crippen LogP contribution in [0.25, 0.3) is 11.5 Å². The molecule has 1 N–H and O–H groups in total. The van der Waals surface area contributed by atoms with Gasteiger partial charge in [0.2, 0.25) is 0 Å². The van der Waals surface area contributed by atoms with Gasteiger partial charge in [-0.1, -0.05) is 6.92 Å². The van der Waals surface area contributed by atoms with Gasteiger partial charge in [-0.25, -0.2) is 15.0 Å². The summed E-state index contributed by atoms with van der Waals surface area (Å²) in [5, 5.41) is 5.34. The molecule has 3 rings (SSSR count). The van der Waals surface area contributed by atoms with Crippen molar-refractivity contribution in [2.75, 3.05) is 11.9 Å². The summed E-state index contributed by atoms with van der Waals surface area (Å²) in [4.78, 5) is 13.5. The second kappa shape index (κ2) is 5.02. The summed E-state index contributed by atoms with van der Waals surface area (Å²) in [6.07, 6.45) is 3.59. The van der Waals surface area contributed by atoms with E-state index in [1.807, 2.05) is 10.9 Å². The third-order valence-electron chi connectivity index (χ3n) is 2.96. The van der Waals surface area contributed by atoms with Gasteiger partial charge in [-0.05, 0) is 19.3 Å². The zero-order valence-electron chi connectivity index (χ0n) is 10.4. The average molecular weight is 260 g/mol. The maximum atomic E-state index is 4.64. The van der Waals surface area contributed by atoms with Gasteiger partial charge in [-0.15, -0.1) is 11.3 Å². The Morgan fingerprint density at radius 3 is 2.94 bits per heavy atom. The van der Waals surface area contributed by atoms with E-state index in [1.165, 1.54) is 12.8 Å². The van der Waals surface area contributed by atoms with Crippen LogP contribution in [0.5, 0.6) is 0 Å². The van der Waals surface area contributed by atoms with Gasteiger partial charge in [0.1, 0.15) is 11.5 Å². The van der Waals surface area contributed by atoms with Crippen LogP contribution in [0.3, 0.4) is 0 Å². The SMILES string of the molecule is CCCNc1cc(C2CC2)nc(-c2cscn2)n1. The maximum Gasteiger partial charge on any atom is 0.181 e. The molecule has 2 aromatic heterocycles. The standard InChI is InChI=1S/C13H16N4S/c1-2-5-14-12-6-10(9-3-4-9)16-13(17-12)11-7-18-8-15-11/h6-9H,2-5H2,1H3,(H,14,16,17). The average Bonchev–Trinajstić information content (AvgIpc) is 3.11. The zero-order valence-corrected chi connectivity index (χ0v) is 11.2. The van der Waals surface area contributed by atoms with Gasteiger partial charge in [-0.3, -0.25) is 0 Å². The fourth-order valence-electron chi connectivity index (χ4n) is 1.84. The highest BCUT2D eigenvalue weighted by molar-refractivity contribution is 7.07. The smallest absolute Gasteiger partial charge is 0.181 e. The molecule has 0 aliphatic heterocycles. The predicted molar refractivity (Wildman–Crippen MR) is 73.9 cm³/mol. The number of nitrogens with one attached hydrogen (secondary N) is 1. The summed E-state index contributed by atoms with van der Waals surface area (Å²) in [5.41, 5.74) is 3.86. The van der Waals surface area contributed by atoms with E-state index in [0.717, 1.165) is 36.0 Å².